The summed E-state index contributed by atoms with van der Waals surface area (Å²) in [5, 5.41) is 17.6. The van der Waals surface area contributed by atoms with Crippen molar-refractivity contribution in [3.63, 3.8) is 0 Å². The molecule has 0 atom stereocenters. The van der Waals surface area contributed by atoms with Crippen molar-refractivity contribution in [1.29, 1.82) is 0 Å². The van der Waals surface area contributed by atoms with Gasteiger partial charge in [0.05, 0.1) is 26.1 Å². The van der Waals surface area contributed by atoms with E-state index in [2.05, 4.69) is 25.3 Å². The Kier molecular flexibility index (Phi) is 5.45. The van der Waals surface area contributed by atoms with Gasteiger partial charge in [-0.25, -0.2) is 9.37 Å². The number of alkyl halides is 2. The number of hydrogen-bond donors (Lipinski definition) is 4. The maximum absolute atomic E-state index is 14.3. The summed E-state index contributed by atoms with van der Waals surface area (Å²) in [4.78, 5) is 19.3. The molecule has 1 aromatic heterocycles. The van der Waals surface area contributed by atoms with Crippen molar-refractivity contribution >= 4 is 34.7 Å². The minimum absolute atomic E-state index is 0.0236. The number of phenolic OH excluding ortho intramolecular Hbond substituents is 1. The molecular formula is C20H16F3N5O5. The average molecular weight is 463 g/mol. The molecule has 1 aliphatic rings. The van der Waals surface area contributed by atoms with Crippen LogP contribution in [-0.2, 0) is 4.79 Å². The van der Waals surface area contributed by atoms with Crippen molar-refractivity contribution in [1.82, 2.24) is 9.97 Å². The first-order valence-electron chi connectivity index (χ1n) is 9.24. The first-order chi connectivity index (χ1) is 15.7. The molecule has 3 aromatic rings. The predicted octanol–water partition coefficient (Wildman–Crippen LogP) is 3.75. The smallest absolute Gasteiger partial charge is 0.482 e. The summed E-state index contributed by atoms with van der Waals surface area (Å²) in [7, 11) is 2.76. The van der Waals surface area contributed by atoms with Crippen molar-refractivity contribution in [2.24, 2.45) is 0 Å². The zero-order chi connectivity index (χ0) is 23.8. The molecule has 4 rings (SSSR count). The van der Waals surface area contributed by atoms with Crippen molar-refractivity contribution in [2.75, 3.05) is 30.2 Å². The summed E-state index contributed by atoms with van der Waals surface area (Å²) in [5.41, 5.74) is 0.539. The summed E-state index contributed by atoms with van der Waals surface area (Å²) in [5.74, 6) is -2.78. The number of carbonyl (C=O) groups excluding carboxylic acids is 1. The molecule has 0 bridgehead atoms. The molecule has 0 saturated carbocycles. The van der Waals surface area contributed by atoms with Gasteiger partial charge in [-0.3, -0.25) is 4.79 Å². The van der Waals surface area contributed by atoms with Crippen molar-refractivity contribution in [3.8, 4) is 23.0 Å². The van der Waals surface area contributed by atoms with Gasteiger partial charge in [0.1, 0.15) is 0 Å². The molecule has 1 aliphatic heterocycles. The number of phenols is 1. The first kappa shape index (κ1) is 21.8. The molecule has 0 aliphatic carbocycles. The van der Waals surface area contributed by atoms with E-state index >= 15 is 0 Å². The van der Waals surface area contributed by atoms with Gasteiger partial charge < -0.3 is 35.3 Å². The summed E-state index contributed by atoms with van der Waals surface area (Å²) in [6.45, 7) is 0. The highest BCUT2D eigenvalue weighted by Crippen LogP contribution is 2.40. The second-order valence-corrected chi connectivity index (χ2v) is 6.65. The number of ether oxygens (including phenoxy) is 3. The molecule has 10 nitrogen and oxygen atoms in total. The Morgan fingerprint density at radius 3 is 2.64 bits per heavy atom. The SMILES string of the molecule is COc1cc(Nc2ncc(F)c(Nc3ccc4c(c3)NC(=O)C(F)(F)O4)n2)cc(O)c1OC. The fourth-order valence-electron chi connectivity index (χ4n) is 2.97. The van der Waals surface area contributed by atoms with Gasteiger partial charge in [0, 0.05) is 23.5 Å². The van der Waals surface area contributed by atoms with Crippen LogP contribution in [0.2, 0.25) is 0 Å². The molecule has 13 heteroatoms. The van der Waals surface area contributed by atoms with Crippen LogP contribution in [0.3, 0.4) is 0 Å². The highest BCUT2D eigenvalue weighted by Gasteiger charge is 2.46. The van der Waals surface area contributed by atoms with Gasteiger partial charge >= 0.3 is 12.0 Å². The fraction of sp³-hybridized carbons (Fsp3) is 0.150. The van der Waals surface area contributed by atoms with E-state index < -0.39 is 17.8 Å². The fourth-order valence-corrected chi connectivity index (χ4v) is 2.97. The van der Waals surface area contributed by atoms with Crippen LogP contribution in [0.4, 0.5) is 42.0 Å². The Morgan fingerprint density at radius 1 is 1.12 bits per heavy atom. The van der Waals surface area contributed by atoms with Crippen LogP contribution >= 0.6 is 0 Å². The third kappa shape index (κ3) is 4.33. The number of methoxy groups -OCH3 is 2. The Balaban J connectivity index is 1.57. The molecule has 172 valence electrons. The Labute approximate surface area is 184 Å². The lowest BCUT2D eigenvalue weighted by Gasteiger charge is -2.25. The van der Waals surface area contributed by atoms with E-state index in [1.54, 1.807) is 0 Å². The van der Waals surface area contributed by atoms with Gasteiger partial charge in [-0.1, -0.05) is 0 Å². The Bertz CT molecular complexity index is 1240. The van der Waals surface area contributed by atoms with E-state index in [1.807, 2.05) is 5.32 Å². The topological polar surface area (TPSA) is 127 Å². The van der Waals surface area contributed by atoms with Gasteiger partial charge in [0.2, 0.25) is 11.7 Å². The molecule has 0 unspecified atom stereocenters. The molecule has 2 aromatic carbocycles. The van der Waals surface area contributed by atoms with Crippen LogP contribution in [0.5, 0.6) is 23.0 Å². The lowest BCUT2D eigenvalue weighted by Crippen LogP contribution is -2.43. The third-order valence-corrected chi connectivity index (χ3v) is 4.45. The van der Waals surface area contributed by atoms with Gasteiger partial charge in [-0.05, 0) is 18.2 Å². The molecular weight excluding hydrogens is 447 g/mol. The monoisotopic (exact) mass is 463 g/mol. The maximum Gasteiger partial charge on any atom is 0.482 e. The molecule has 0 saturated heterocycles. The molecule has 33 heavy (non-hydrogen) atoms. The van der Waals surface area contributed by atoms with E-state index in [1.165, 1.54) is 44.6 Å². The number of amides is 1. The highest BCUT2D eigenvalue weighted by molar-refractivity contribution is 5.99. The number of nitrogens with zero attached hydrogens (tertiary/aromatic N) is 2. The lowest BCUT2D eigenvalue weighted by atomic mass is 10.2. The minimum Gasteiger partial charge on any atom is -0.504 e. The Hall–Kier alpha value is -4.42. The molecule has 2 heterocycles. The zero-order valence-corrected chi connectivity index (χ0v) is 17.1. The van der Waals surface area contributed by atoms with E-state index in [0.29, 0.717) is 5.69 Å². The van der Waals surface area contributed by atoms with Crippen LogP contribution in [0.25, 0.3) is 0 Å². The van der Waals surface area contributed by atoms with Crippen LogP contribution in [0, 0.1) is 5.82 Å². The average Bonchev–Trinajstić information content (AvgIpc) is 2.76. The number of benzene rings is 2. The molecule has 0 spiro atoms. The number of halogens is 3. The first-order valence-corrected chi connectivity index (χ1v) is 9.24. The number of rotatable bonds is 6. The van der Waals surface area contributed by atoms with Crippen LogP contribution < -0.4 is 30.2 Å². The second kappa shape index (κ2) is 8.26. The number of hydrogen-bond acceptors (Lipinski definition) is 9. The van der Waals surface area contributed by atoms with Crippen molar-refractivity contribution in [2.45, 2.75) is 6.11 Å². The second-order valence-electron chi connectivity index (χ2n) is 6.65. The quantitative estimate of drug-likeness (QED) is 0.432. The Morgan fingerprint density at radius 2 is 1.91 bits per heavy atom. The van der Waals surface area contributed by atoms with Gasteiger partial charge in [0.15, 0.2) is 28.9 Å². The molecule has 4 N–H and O–H groups in total. The molecule has 1 amide bonds. The molecule has 0 fully saturated rings. The normalized spacial score (nSPS) is 13.9. The van der Waals surface area contributed by atoms with Gasteiger partial charge in [-0.15, -0.1) is 0 Å². The van der Waals surface area contributed by atoms with Gasteiger partial charge in [0.25, 0.3) is 0 Å². The highest BCUT2D eigenvalue weighted by atomic mass is 19.3. The summed E-state index contributed by atoms with van der Waals surface area (Å²) in [6, 6.07) is 6.66. The van der Waals surface area contributed by atoms with E-state index in [-0.39, 0.29) is 46.1 Å². The van der Waals surface area contributed by atoms with E-state index in [4.69, 9.17) is 9.47 Å². The number of aromatic hydroxyl groups is 1. The lowest BCUT2D eigenvalue weighted by molar-refractivity contribution is -0.189. The van der Waals surface area contributed by atoms with Crippen LogP contribution in [0.15, 0.2) is 36.5 Å². The number of fused-ring (bicyclic) bond motifs is 1. The maximum atomic E-state index is 14.3. The number of anilines is 5. The van der Waals surface area contributed by atoms with E-state index in [9.17, 15) is 23.1 Å². The number of aromatic nitrogens is 2. The minimum atomic E-state index is -3.99. The summed E-state index contributed by atoms with van der Waals surface area (Å²) >= 11 is 0. The largest absolute Gasteiger partial charge is 0.504 e. The van der Waals surface area contributed by atoms with Crippen LogP contribution in [0.1, 0.15) is 0 Å². The predicted molar refractivity (Wildman–Crippen MR) is 110 cm³/mol. The molecule has 0 radical (unpaired) electrons. The third-order valence-electron chi connectivity index (χ3n) is 4.45. The zero-order valence-electron chi connectivity index (χ0n) is 17.1. The van der Waals surface area contributed by atoms with Crippen molar-refractivity contribution in [3.05, 3.63) is 42.3 Å². The standard InChI is InChI=1S/C20H16F3N5O5/c1-31-15-7-10(6-13(29)16(15)32-2)26-19-24-8-11(21)17(28-19)25-9-3-4-14-12(5-9)27-18(30)20(22,23)33-14/h3-8,29H,1-2H3,(H,27,30)(H2,24,25,26,28). The van der Waals surface area contributed by atoms with E-state index in [0.717, 1.165) is 6.20 Å². The number of nitrogens with one attached hydrogen (secondary N) is 3. The number of carbonyl (C=O) groups is 1. The van der Waals surface area contributed by atoms with Gasteiger partial charge in [-0.2, -0.15) is 13.8 Å². The summed E-state index contributed by atoms with van der Waals surface area (Å²) in [6.07, 6.45) is -3.08. The summed E-state index contributed by atoms with van der Waals surface area (Å²) < 4.78 is 55.6. The van der Waals surface area contributed by atoms with Crippen molar-refractivity contribution < 1.29 is 37.3 Å². The van der Waals surface area contributed by atoms with Crippen LogP contribution in [-0.4, -0.2) is 41.3 Å².